The molecule has 88 valence electrons. The minimum Gasteiger partial charge on any atom is -0.307 e. The quantitative estimate of drug-likeness (QED) is 0.864. The van der Waals surface area contributed by atoms with E-state index < -0.39 is 0 Å². The molecule has 1 atom stereocenters. The van der Waals surface area contributed by atoms with Gasteiger partial charge < -0.3 is 5.32 Å². The first-order valence-corrected chi connectivity index (χ1v) is 7.06. The fourth-order valence-corrected chi connectivity index (χ4v) is 2.73. The highest BCUT2D eigenvalue weighted by Gasteiger charge is 2.15. The number of hydrogen-bond acceptors (Lipinski definition) is 1. The molecule has 1 aliphatic rings. The van der Waals surface area contributed by atoms with Crippen molar-refractivity contribution in [1.29, 1.82) is 0 Å². The summed E-state index contributed by atoms with van der Waals surface area (Å²) in [6, 6.07) is 9.83. The Hall–Kier alpha value is -0.340. The largest absolute Gasteiger partial charge is 0.307 e. The summed E-state index contributed by atoms with van der Waals surface area (Å²) in [6.45, 7) is 2.26. The maximum atomic E-state index is 3.74. The summed E-state index contributed by atoms with van der Waals surface area (Å²) < 4.78 is 1.15. The van der Waals surface area contributed by atoms with E-state index in [0.29, 0.717) is 6.04 Å². The van der Waals surface area contributed by atoms with Crippen molar-refractivity contribution >= 4 is 15.9 Å². The molecule has 1 aliphatic carbocycles. The van der Waals surface area contributed by atoms with Crippen LogP contribution >= 0.6 is 15.9 Å². The Morgan fingerprint density at radius 2 is 1.75 bits per heavy atom. The summed E-state index contributed by atoms with van der Waals surface area (Å²) in [6.07, 6.45) is 6.90. The van der Waals surface area contributed by atoms with Gasteiger partial charge in [0.2, 0.25) is 0 Å². The van der Waals surface area contributed by atoms with Crippen LogP contribution < -0.4 is 5.32 Å². The van der Waals surface area contributed by atoms with Crippen molar-refractivity contribution in [2.24, 2.45) is 0 Å². The Labute approximate surface area is 107 Å². The van der Waals surface area contributed by atoms with Gasteiger partial charge in [0, 0.05) is 16.6 Å². The van der Waals surface area contributed by atoms with Gasteiger partial charge in [-0.3, -0.25) is 0 Å². The van der Waals surface area contributed by atoms with Crippen LogP contribution in [-0.2, 0) is 0 Å². The summed E-state index contributed by atoms with van der Waals surface area (Å²) in [7, 11) is 0. The highest BCUT2D eigenvalue weighted by atomic mass is 79.9. The molecule has 1 fully saturated rings. The van der Waals surface area contributed by atoms with E-state index in [4.69, 9.17) is 0 Å². The summed E-state index contributed by atoms with van der Waals surface area (Å²) in [5.41, 5.74) is 1.38. The lowest BCUT2D eigenvalue weighted by Gasteiger charge is -2.26. The van der Waals surface area contributed by atoms with Crippen molar-refractivity contribution in [2.45, 2.75) is 51.1 Å². The van der Waals surface area contributed by atoms with Crippen molar-refractivity contribution in [2.75, 3.05) is 0 Å². The van der Waals surface area contributed by atoms with Crippen LogP contribution in [0.5, 0.6) is 0 Å². The van der Waals surface area contributed by atoms with Gasteiger partial charge in [0.25, 0.3) is 0 Å². The second kappa shape index (κ2) is 5.83. The van der Waals surface area contributed by atoms with Gasteiger partial charge in [-0.2, -0.15) is 0 Å². The van der Waals surface area contributed by atoms with E-state index in [1.807, 2.05) is 0 Å². The first kappa shape index (κ1) is 12.1. The lowest BCUT2D eigenvalue weighted by molar-refractivity contribution is 0.347. The number of nitrogens with one attached hydrogen (secondary N) is 1. The van der Waals surface area contributed by atoms with Crippen LogP contribution in [0.25, 0.3) is 0 Å². The fraction of sp³-hybridized carbons (Fsp3) is 0.571. The van der Waals surface area contributed by atoms with Gasteiger partial charge in [-0.1, -0.05) is 47.3 Å². The van der Waals surface area contributed by atoms with Crippen molar-refractivity contribution in [3.63, 3.8) is 0 Å². The Morgan fingerprint density at radius 3 is 2.38 bits per heavy atom. The van der Waals surface area contributed by atoms with Gasteiger partial charge in [0.05, 0.1) is 0 Å². The Bertz CT molecular complexity index is 314. The molecule has 0 heterocycles. The third-order valence-corrected chi connectivity index (χ3v) is 3.99. The Balaban J connectivity index is 1.91. The van der Waals surface area contributed by atoms with Gasteiger partial charge in [-0.25, -0.2) is 0 Å². The van der Waals surface area contributed by atoms with Gasteiger partial charge in [0.1, 0.15) is 0 Å². The molecule has 2 heteroatoms. The van der Waals surface area contributed by atoms with Crippen LogP contribution in [-0.4, -0.2) is 6.04 Å². The zero-order valence-corrected chi connectivity index (χ0v) is 11.5. The number of halogens is 1. The topological polar surface area (TPSA) is 12.0 Å². The molecule has 0 aliphatic heterocycles. The summed E-state index contributed by atoms with van der Waals surface area (Å²) >= 11 is 3.47. The Kier molecular flexibility index (Phi) is 4.42. The van der Waals surface area contributed by atoms with Gasteiger partial charge in [-0.05, 0) is 37.5 Å². The minimum atomic E-state index is 0.469. The first-order chi connectivity index (χ1) is 7.75. The smallest absolute Gasteiger partial charge is 0.0294 e. The standard InChI is InChI=1S/C14H20BrN/c1-11(12-7-9-13(15)10-8-12)16-14-5-3-2-4-6-14/h7-11,14,16H,2-6H2,1H3/t11-/m0/s1. The van der Waals surface area contributed by atoms with Gasteiger partial charge >= 0.3 is 0 Å². The average molecular weight is 282 g/mol. The van der Waals surface area contributed by atoms with E-state index >= 15 is 0 Å². The summed E-state index contributed by atoms with van der Waals surface area (Å²) in [5, 5.41) is 3.74. The van der Waals surface area contributed by atoms with Crippen LogP contribution in [0.4, 0.5) is 0 Å². The monoisotopic (exact) mass is 281 g/mol. The van der Waals surface area contributed by atoms with E-state index in [1.54, 1.807) is 0 Å². The molecule has 0 aromatic heterocycles. The predicted molar refractivity (Wildman–Crippen MR) is 72.6 cm³/mol. The molecule has 1 aromatic rings. The third kappa shape index (κ3) is 3.33. The maximum absolute atomic E-state index is 3.74. The molecule has 1 N–H and O–H groups in total. The molecule has 2 rings (SSSR count). The molecule has 0 spiro atoms. The van der Waals surface area contributed by atoms with Crippen LogP contribution in [0.3, 0.4) is 0 Å². The number of hydrogen-bond donors (Lipinski definition) is 1. The molecular weight excluding hydrogens is 262 g/mol. The minimum absolute atomic E-state index is 0.469. The Morgan fingerprint density at radius 1 is 1.12 bits per heavy atom. The van der Waals surface area contributed by atoms with Crippen molar-refractivity contribution in [3.8, 4) is 0 Å². The van der Waals surface area contributed by atoms with Crippen LogP contribution in [0.15, 0.2) is 28.7 Å². The molecule has 0 radical (unpaired) electrons. The highest BCUT2D eigenvalue weighted by Crippen LogP contribution is 2.22. The van der Waals surface area contributed by atoms with Crippen LogP contribution in [0, 0.1) is 0 Å². The molecule has 0 unspecified atom stereocenters. The molecule has 1 nitrogen and oxygen atoms in total. The van der Waals surface area contributed by atoms with E-state index in [2.05, 4.69) is 52.4 Å². The van der Waals surface area contributed by atoms with Gasteiger partial charge in [-0.15, -0.1) is 0 Å². The lowest BCUT2D eigenvalue weighted by Crippen LogP contribution is -2.33. The predicted octanol–water partition coefficient (Wildman–Crippen LogP) is 4.43. The lowest BCUT2D eigenvalue weighted by atomic mass is 9.94. The second-order valence-electron chi connectivity index (χ2n) is 4.77. The highest BCUT2D eigenvalue weighted by molar-refractivity contribution is 9.10. The van der Waals surface area contributed by atoms with Gasteiger partial charge in [0.15, 0.2) is 0 Å². The molecule has 16 heavy (non-hydrogen) atoms. The van der Waals surface area contributed by atoms with Crippen molar-refractivity contribution < 1.29 is 0 Å². The number of benzene rings is 1. The fourth-order valence-electron chi connectivity index (χ4n) is 2.47. The SMILES string of the molecule is C[C@H](NC1CCCCC1)c1ccc(Br)cc1. The first-order valence-electron chi connectivity index (χ1n) is 6.27. The van der Waals surface area contributed by atoms with Crippen molar-refractivity contribution in [3.05, 3.63) is 34.3 Å². The second-order valence-corrected chi connectivity index (χ2v) is 5.69. The van der Waals surface area contributed by atoms with Crippen LogP contribution in [0.1, 0.15) is 50.6 Å². The molecular formula is C14H20BrN. The average Bonchev–Trinajstić information content (AvgIpc) is 2.31. The zero-order chi connectivity index (χ0) is 11.4. The maximum Gasteiger partial charge on any atom is 0.0294 e. The molecule has 0 amide bonds. The summed E-state index contributed by atoms with van der Waals surface area (Å²) in [5.74, 6) is 0. The summed E-state index contributed by atoms with van der Waals surface area (Å²) in [4.78, 5) is 0. The zero-order valence-electron chi connectivity index (χ0n) is 9.88. The van der Waals surface area contributed by atoms with E-state index in [9.17, 15) is 0 Å². The molecule has 1 aromatic carbocycles. The van der Waals surface area contributed by atoms with E-state index in [-0.39, 0.29) is 0 Å². The van der Waals surface area contributed by atoms with E-state index in [0.717, 1.165) is 10.5 Å². The van der Waals surface area contributed by atoms with Crippen LogP contribution in [0.2, 0.25) is 0 Å². The molecule has 0 saturated heterocycles. The molecule has 1 saturated carbocycles. The van der Waals surface area contributed by atoms with E-state index in [1.165, 1.54) is 37.7 Å². The number of rotatable bonds is 3. The van der Waals surface area contributed by atoms with Crippen molar-refractivity contribution in [1.82, 2.24) is 5.32 Å². The molecule has 0 bridgehead atoms. The third-order valence-electron chi connectivity index (χ3n) is 3.46. The normalized spacial score (nSPS) is 19.6.